The summed E-state index contributed by atoms with van der Waals surface area (Å²) in [6.07, 6.45) is 0. The fourth-order valence-corrected chi connectivity index (χ4v) is 1.91. The molecule has 2 rings (SSSR count). The van der Waals surface area contributed by atoms with E-state index in [0.717, 1.165) is 10.2 Å². The maximum Gasteiger partial charge on any atom is 0.264 e. The first-order valence-corrected chi connectivity index (χ1v) is 6.77. The highest BCUT2D eigenvalue weighted by molar-refractivity contribution is 9.10. The van der Waals surface area contributed by atoms with E-state index in [1.807, 2.05) is 26.0 Å². The Hall–Kier alpha value is -1.60. The predicted octanol–water partition coefficient (Wildman–Crippen LogP) is 2.61. The number of aromatic nitrogens is 2. The van der Waals surface area contributed by atoms with Gasteiger partial charge in [-0.15, -0.1) is 0 Å². The van der Waals surface area contributed by atoms with Gasteiger partial charge in [-0.25, -0.2) is 0 Å². The monoisotopic (exact) mass is 341 g/mol. The third kappa shape index (κ3) is 3.49. The van der Waals surface area contributed by atoms with Gasteiger partial charge in [0.05, 0.1) is 17.1 Å². The number of nitrogens with zero attached hydrogens (tertiary/aromatic N) is 2. The van der Waals surface area contributed by atoms with Crippen LogP contribution in [-0.4, -0.2) is 17.3 Å². The maximum atomic E-state index is 5.89. The van der Waals surface area contributed by atoms with Crippen LogP contribution in [0.1, 0.15) is 25.6 Å². The number of ether oxygens (including phenoxy) is 2. The molecule has 7 heteroatoms. The summed E-state index contributed by atoms with van der Waals surface area (Å²) in [6, 6.07) is 5.42. The Kier molecular flexibility index (Phi) is 4.29. The molecule has 2 N–H and O–H groups in total. The van der Waals surface area contributed by atoms with Gasteiger partial charge in [-0.1, -0.05) is 5.16 Å². The SMILES string of the molecule is COc1ccc(OCc2nc(C(C)(C)N)no2)c(Br)c1. The fourth-order valence-electron chi connectivity index (χ4n) is 1.44. The van der Waals surface area contributed by atoms with E-state index in [-0.39, 0.29) is 6.61 Å². The van der Waals surface area contributed by atoms with Gasteiger partial charge in [-0.3, -0.25) is 0 Å². The van der Waals surface area contributed by atoms with E-state index in [2.05, 4.69) is 26.1 Å². The molecule has 1 aromatic carbocycles. The van der Waals surface area contributed by atoms with Gasteiger partial charge in [-0.2, -0.15) is 4.98 Å². The summed E-state index contributed by atoms with van der Waals surface area (Å²) in [5, 5.41) is 3.83. The molecule has 1 aromatic heterocycles. The van der Waals surface area contributed by atoms with Crippen molar-refractivity contribution in [1.29, 1.82) is 0 Å². The lowest BCUT2D eigenvalue weighted by Gasteiger charge is -2.11. The molecule has 0 aliphatic rings. The minimum Gasteiger partial charge on any atom is -0.497 e. The summed E-state index contributed by atoms with van der Waals surface area (Å²) in [5.74, 6) is 2.23. The first-order valence-electron chi connectivity index (χ1n) is 5.98. The lowest BCUT2D eigenvalue weighted by Crippen LogP contribution is -2.30. The number of nitrogens with two attached hydrogens (primary N) is 1. The average Bonchev–Trinajstić information content (AvgIpc) is 2.86. The van der Waals surface area contributed by atoms with Crippen LogP contribution in [0.5, 0.6) is 11.5 Å². The minimum absolute atomic E-state index is 0.175. The van der Waals surface area contributed by atoms with Crippen LogP contribution >= 0.6 is 15.9 Å². The molecule has 2 aromatic rings. The van der Waals surface area contributed by atoms with E-state index in [9.17, 15) is 0 Å². The molecule has 108 valence electrons. The van der Waals surface area contributed by atoms with Gasteiger partial charge in [0.1, 0.15) is 11.5 Å². The molecule has 0 bridgehead atoms. The third-order valence-electron chi connectivity index (χ3n) is 2.53. The largest absolute Gasteiger partial charge is 0.497 e. The van der Waals surface area contributed by atoms with Crippen LogP contribution in [-0.2, 0) is 12.1 Å². The molecule has 0 aliphatic heterocycles. The molecule has 0 fully saturated rings. The highest BCUT2D eigenvalue weighted by Crippen LogP contribution is 2.29. The standard InChI is InChI=1S/C13H16BrN3O3/c1-13(2,15)12-16-11(20-17-12)7-19-10-5-4-8(18-3)6-9(10)14/h4-6H,7,15H2,1-3H3. The van der Waals surface area contributed by atoms with Crippen molar-refractivity contribution in [2.75, 3.05) is 7.11 Å². The van der Waals surface area contributed by atoms with Gasteiger partial charge in [0, 0.05) is 0 Å². The van der Waals surface area contributed by atoms with Crippen LogP contribution in [0.25, 0.3) is 0 Å². The number of rotatable bonds is 5. The minimum atomic E-state index is -0.636. The van der Waals surface area contributed by atoms with Crippen molar-refractivity contribution in [2.45, 2.75) is 26.0 Å². The first-order chi connectivity index (χ1) is 9.40. The molecule has 0 saturated carbocycles. The van der Waals surface area contributed by atoms with E-state index in [1.165, 1.54) is 0 Å². The summed E-state index contributed by atoms with van der Waals surface area (Å²) in [4.78, 5) is 4.19. The van der Waals surface area contributed by atoms with Gasteiger partial charge < -0.3 is 19.7 Å². The molecule has 0 unspecified atom stereocenters. The number of halogens is 1. The van der Waals surface area contributed by atoms with Crippen LogP contribution in [0.3, 0.4) is 0 Å². The summed E-state index contributed by atoms with van der Waals surface area (Å²) in [6.45, 7) is 3.79. The summed E-state index contributed by atoms with van der Waals surface area (Å²) < 4.78 is 16.6. The van der Waals surface area contributed by atoms with E-state index in [1.54, 1.807) is 13.2 Å². The summed E-state index contributed by atoms with van der Waals surface area (Å²) in [7, 11) is 1.61. The molecule has 0 amide bonds. The molecule has 0 atom stereocenters. The Bertz CT molecular complexity index is 593. The van der Waals surface area contributed by atoms with E-state index >= 15 is 0 Å². The van der Waals surface area contributed by atoms with Gasteiger partial charge in [0.2, 0.25) is 0 Å². The second-order valence-electron chi connectivity index (χ2n) is 4.82. The molecule has 0 aliphatic carbocycles. The number of methoxy groups -OCH3 is 1. The van der Waals surface area contributed by atoms with Crippen LogP contribution in [0, 0.1) is 0 Å². The Morgan fingerprint density at radius 1 is 1.40 bits per heavy atom. The summed E-state index contributed by atoms with van der Waals surface area (Å²) >= 11 is 3.41. The molecule has 6 nitrogen and oxygen atoms in total. The second kappa shape index (κ2) is 5.80. The van der Waals surface area contributed by atoms with E-state index < -0.39 is 5.54 Å². The highest BCUT2D eigenvalue weighted by atomic mass is 79.9. The van der Waals surface area contributed by atoms with Crippen molar-refractivity contribution < 1.29 is 14.0 Å². The van der Waals surface area contributed by atoms with Gasteiger partial charge in [0.15, 0.2) is 12.4 Å². The predicted molar refractivity (Wildman–Crippen MR) is 76.5 cm³/mol. The topological polar surface area (TPSA) is 83.4 Å². The number of benzene rings is 1. The molecule has 0 saturated heterocycles. The summed E-state index contributed by atoms with van der Waals surface area (Å²) in [5.41, 5.74) is 5.25. The zero-order chi connectivity index (χ0) is 14.8. The first kappa shape index (κ1) is 14.8. The lowest BCUT2D eigenvalue weighted by molar-refractivity contribution is 0.240. The number of hydrogen-bond donors (Lipinski definition) is 1. The van der Waals surface area contributed by atoms with Crippen molar-refractivity contribution in [1.82, 2.24) is 10.1 Å². The van der Waals surface area contributed by atoms with Crippen molar-refractivity contribution in [3.8, 4) is 11.5 Å². The third-order valence-corrected chi connectivity index (χ3v) is 3.15. The fraction of sp³-hybridized carbons (Fsp3) is 0.385. The van der Waals surface area contributed by atoms with E-state index in [0.29, 0.717) is 17.5 Å². The van der Waals surface area contributed by atoms with Gasteiger partial charge in [-0.05, 0) is 48.0 Å². The highest BCUT2D eigenvalue weighted by Gasteiger charge is 2.21. The van der Waals surface area contributed by atoms with Crippen LogP contribution < -0.4 is 15.2 Å². The lowest BCUT2D eigenvalue weighted by atomic mass is 10.1. The Morgan fingerprint density at radius 3 is 2.70 bits per heavy atom. The number of hydrogen-bond acceptors (Lipinski definition) is 6. The molecular formula is C13H16BrN3O3. The molecule has 0 spiro atoms. The zero-order valence-corrected chi connectivity index (χ0v) is 13.1. The van der Waals surface area contributed by atoms with Crippen LogP contribution in [0.4, 0.5) is 0 Å². The Labute approximate surface area is 125 Å². The van der Waals surface area contributed by atoms with Gasteiger partial charge in [0.25, 0.3) is 5.89 Å². The molecular weight excluding hydrogens is 326 g/mol. The molecule has 1 heterocycles. The maximum absolute atomic E-state index is 5.89. The van der Waals surface area contributed by atoms with Crippen LogP contribution in [0.15, 0.2) is 27.2 Å². The van der Waals surface area contributed by atoms with E-state index in [4.69, 9.17) is 19.7 Å². The smallest absolute Gasteiger partial charge is 0.264 e. The van der Waals surface area contributed by atoms with Crippen molar-refractivity contribution in [3.63, 3.8) is 0 Å². The Balaban J connectivity index is 2.04. The normalized spacial score (nSPS) is 11.4. The quantitative estimate of drug-likeness (QED) is 0.899. The Morgan fingerprint density at radius 2 is 2.15 bits per heavy atom. The van der Waals surface area contributed by atoms with Crippen molar-refractivity contribution in [3.05, 3.63) is 34.4 Å². The zero-order valence-electron chi connectivity index (χ0n) is 11.5. The van der Waals surface area contributed by atoms with Crippen LogP contribution in [0.2, 0.25) is 0 Å². The average molecular weight is 342 g/mol. The molecule has 0 radical (unpaired) electrons. The van der Waals surface area contributed by atoms with Gasteiger partial charge >= 0.3 is 0 Å². The molecule has 20 heavy (non-hydrogen) atoms. The van der Waals surface area contributed by atoms with Crippen molar-refractivity contribution >= 4 is 15.9 Å². The van der Waals surface area contributed by atoms with Crippen molar-refractivity contribution in [2.24, 2.45) is 5.73 Å². The second-order valence-corrected chi connectivity index (χ2v) is 5.67.